The molecule has 0 unspecified atom stereocenters. The van der Waals surface area contributed by atoms with Crippen LogP contribution in [0.4, 0.5) is 0 Å². The predicted molar refractivity (Wildman–Crippen MR) is 47.3 cm³/mol. The van der Waals surface area contributed by atoms with Crippen LogP contribution < -0.4 is 0 Å². The summed E-state index contributed by atoms with van der Waals surface area (Å²) in [6.45, 7) is 4.53. The fraction of sp³-hybridized carbons (Fsp3) is 0.556. The van der Waals surface area contributed by atoms with Crippen LogP contribution in [0.2, 0.25) is 0 Å². The summed E-state index contributed by atoms with van der Waals surface area (Å²) >= 11 is 0. The topological polar surface area (TPSA) is 74.6 Å². The lowest BCUT2D eigenvalue weighted by Crippen LogP contribution is -2.45. The van der Waals surface area contributed by atoms with Crippen LogP contribution in [0.15, 0.2) is 12.7 Å². The Kier molecular flexibility index (Phi) is 4.34. The molecule has 0 saturated heterocycles. The van der Waals surface area contributed by atoms with Crippen LogP contribution in [0.5, 0.6) is 0 Å². The Morgan fingerprint density at radius 1 is 1.54 bits per heavy atom. The van der Waals surface area contributed by atoms with E-state index in [1.165, 1.54) is 0 Å². The van der Waals surface area contributed by atoms with Gasteiger partial charge in [-0.2, -0.15) is 0 Å². The number of hydrogen-bond acceptors (Lipinski definition) is 3. The zero-order valence-corrected chi connectivity index (χ0v) is 7.62. The molecule has 74 valence electrons. The molecular formula is C9H14O4. The number of unbranched alkanes of at least 4 members (excludes halogenated alkanes) is 1. The van der Waals surface area contributed by atoms with E-state index in [2.05, 4.69) is 6.58 Å². The van der Waals surface area contributed by atoms with E-state index in [0.29, 0.717) is 12.8 Å². The Bertz CT molecular complexity index is 206. The van der Waals surface area contributed by atoms with E-state index in [1.54, 1.807) is 6.08 Å². The van der Waals surface area contributed by atoms with Crippen molar-refractivity contribution in [1.82, 2.24) is 0 Å². The maximum Gasteiger partial charge on any atom is 0.343 e. The minimum absolute atomic E-state index is 0.0658. The number of carbonyl (C=O) groups is 2. The molecule has 0 saturated carbocycles. The van der Waals surface area contributed by atoms with Gasteiger partial charge in [-0.25, -0.2) is 4.79 Å². The summed E-state index contributed by atoms with van der Waals surface area (Å²) in [5.41, 5.74) is -2.22. The summed E-state index contributed by atoms with van der Waals surface area (Å²) < 4.78 is 0. The van der Waals surface area contributed by atoms with Crippen molar-refractivity contribution in [3.05, 3.63) is 12.7 Å². The molecule has 2 N–H and O–H groups in total. The summed E-state index contributed by atoms with van der Waals surface area (Å²) in [5, 5.41) is 18.0. The molecule has 0 aromatic heterocycles. The van der Waals surface area contributed by atoms with Crippen LogP contribution in [0.1, 0.15) is 26.2 Å². The van der Waals surface area contributed by atoms with E-state index in [-0.39, 0.29) is 6.42 Å². The van der Waals surface area contributed by atoms with Crippen molar-refractivity contribution in [1.29, 1.82) is 0 Å². The summed E-state index contributed by atoms with van der Waals surface area (Å²) in [5.74, 6) is -2.21. The molecule has 13 heavy (non-hydrogen) atoms. The number of aliphatic carboxylic acids is 1. The predicted octanol–water partition coefficient (Wildman–Crippen LogP) is 0.747. The highest BCUT2D eigenvalue weighted by Crippen LogP contribution is 2.16. The molecule has 0 rings (SSSR count). The van der Waals surface area contributed by atoms with Crippen molar-refractivity contribution >= 4 is 11.8 Å². The molecule has 0 bridgehead atoms. The Labute approximate surface area is 76.9 Å². The molecule has 4 heteroatoms. The minimum Gasteiger partial charge on any atom is -0.479 e. The number of aliphatic hydroxyl groups is 1. The molecule has 0 radical (unpaired) electrons. The number of ketones is 1. The van der Waals surface area contributed by atoms with Crippen molar-refractivity contribution in [3.63, 3.8) is 0 Å². The molecule has 0 amide bonds. The average Bonchev–Trinajstić information content (AvgIpc) is 2.03. The van der Waals surface area contributed by atoms with Crippen LogP contribution >= 0.6 is 0 Å². The number of rotatable bonds is 6. The highest BCUT2D eigenvalue weighted by Gasteiger charge is 2.40. The number of allylic oxidation sites excluding steroid dienone is 1. The first kappa shape index (κ1) is 11.8. The molecule has 0 fully saturated rings. The second-order valence-corrected chi connectivity index (χ2v) is 2.90. The van der Waals surface area contributed by atoms with Crippen LogP contribution in [-0.4, -0.2) is 27.6 Å². The molecule has 0 aliphatic rings. The normalized spacial score (nSPS) is 14.6. The van der Waals surface area contributed by atoms with Gasteiger partial charge < -0.3 is 10.2 Å². The SMILES string of the molecule is C=CCCC[C@](O)(C(C)=O)C(=O)O. The summed E-state index contributed by atoms with van der Waals surface area (Å²) in [4.78, 5) is 21.4. The number of carbonyl (C=O) groups excluding carboxylic acids is 1. The van der Waals surface area contributed by atoms with Crippen molar-refractivity contribution in [2.75, 3.05) is 0 Å². The molecule has 4 nitrogen and oxygen atoms in total. The number of carboxylic acid groups (broad SMARTS) is 1. The van der Waals surface area contributed by atoms with Gasteiger partial charge in [-0.15, -0.1) is 6.58 Å². The Morgan fingerprint density at radius 2 is 2.08 bits per heavy atom. The summed E-state index contributed by atoms with van der Waals surface area (Å²) in [7, 11) is 0. The third kappa shape index (κ3) is 2.99. The lowest BCUT2D eigenvalue weighted by molar-refractivity contribution is -0.165. The van der Waals surface area contributed by atoms with Gasteiger partial charge in [0.05, 0.1) is 0 Å². The van der Waals surface area contributed by atoms with E-state index < -0.39 is 17.4 Å². The molecule has 0 aromatic rings. The second-order valence-electron chi connectivity index (χ2n) is 2.90. The first-order valence-electron chi connectivity index (χ1n) is 4.03. The van der Waals surface area contributed by atoms with Crippen molar-refractivity contribution < 1.29 is 19.8 Å². The fourth-order valence-electron chi connectivity index (χ4n) is 0.936. The van der Waals surface area contributed by atoms with Gasteiger partial charge in [-0.3, -0.25) is 4.79 Å². The number of carboxylic acids is 1. The van der Waals surface area contributed by atoms with Gasteiger partial charge in [0.1, 0.15) is 0 Å². The van der Waals surface area contributed by atoms with Crippen LogP contribution in [0, 0.1) is 0 Å². The van der Waals surface area contributed by atoms with Crippen LogP contribution in [0.3, 0.4) is 0 Å². The molecule has 0 heterocycles. The van der Waals surface area contributed by atoms with E-state index >= 15 is 0 Å². The lowest BCUT2D eigenvalue weighted by Gasteiger charge is -2.19. The molecule has 1 atom stereocenters. The van der Waals surface area contributed by atoms with Crippen LogP contribution in [-0.2, 0) is 9.59 Å². The first-order valence-corrected chi connectivity index (χ1v) is 4.03. The molecule has 0 aliphatic heterocycles. The zero-order chi connectivity index (χ0) is 10.5. The summed E-state index contributed by atoms with van der Waals surface area (Å²) in [6.07, 6.45) is 2.57. The fourth-order valence-corrected chi connectivity index (χ4v) is 0.936. The van der Waals surface area contributed by atoms with Gasteiger partial charge in [0, 0.05) is 0 Å². The van der Waals surface area contributed by atoms with Crippen LogP contribution in [0.25, 0.3) is 0 Å². The Balaban J connectivity index is 4.34. The van der Waals surface area contributed by atoms with Gasteiger partial charge in [0.25, 0.3) is 0 Å². The highest BCUT2D eigenvalue weighted by atomic mass is 16.4. The zero-order valence-electron chi connectivity index (χ0n) is 7.62. The maximum absolute atomic E-state index is 10.8. The minimum atomic E-state index is -2.22. The Hall–Kier alpha value is -1.16. The van der Waals surface area contributed by atoms with Gasteiger partial charge in [0.15, 0.2) is 5.78 Å². The van der Waals surface area contributed by atoms with E-state index in [0.717, 1.165) is 6.92 Å². The number of Topliss-reactive ketones (excluding diaryl/α,β-unsaturated/α-hetero) is 1. The van der Waals surface area contributed by atoms with Gasteiger partial charge >= 0.3 is 5.97 Å². The van der Waals surface area contributed by atoms with Crippen molar-refractivity contribution in [2.45, 2.75) is 31.8 Å². The molecule has 0 aromatic carbocycles. The molecular weight excluding hydrogens is 172 g/mol. The Morgan fingerprint density at radius 3 is 2.38 bits per heavy atom. The first-order chi connectivity index (χ1) is 5.95. The van der Waals surface area contributed by atoms with E-state index in [9.17, 15) is 14.7 Å². The average molecular weight is 186 g/mol. The third-order valence-corrected chi connectivity index (χ3v) is 1.88. The largest absolute Gasteiger partial charge is 0.479 e. The quantitative estimate of drug-likeness (QED) is 0.364. The third-order valence-electron chi connectivity index (χ3n) is 1.88. The van der Waals surface area contributed by atoms with Gasteiger partial charge in [0.2, 0.25) is 5.60 Å². The second kappa shape index (κ2) is 4.77. The summed E-state index contributed by atoms with van der Waals surface area (Å²) in [6, 6.07) is 0. The standard InChI is InChI=1S/C9H14O4/c1-3-4-5-6-9(13,7(2)10)8(11)12/h3,13H,1,4-6H2,2H3,(H,11,12)/t9-/m0/s1. The monoisotopic (exact) mass is 186 g/mol. The van der Waals surface area contributed by atoms with E-state index in [4.69, 9.17) is 5.11 Å². The van der Waals surface area contributed by atoms with Crippen molar-refractivity contribution in [2.24, 2.45) is 0 Å². The van der Waals surface area contributed by atoms with E-state index in [1.807, 2.05) is 0 Å². The lowest BCUT2D eigenvalue weighted by atomic mass is 9.93. The maximum atomic E-state index is 10.8. The number of hydrogen-bond donors (Lipinski definition) is 2. The smallest absolute Gasteiger partial charge is 0.343 e. The van der Waals surface area contributed by atoms with Gasteiger partial charge in [-0.05, 0) is 26.2 Å². The van der Waals surface area contributed by atoms with Gasteiger partial charge in [-0.1, -0.05) is 6.08 Å². The molecule has 0 spiro atoms. The molecule has 0 aliphatic carbocycles. The van der Waals surface area contributed by atoms with Crippen molar-refractivity contribution in [3.8, 4) is 0 Å². The highest BCUT2D eigenvalue weighted by molar-refractivity contribution is 6.04.